The number of aliphatic hydroxyl groups is 6. The van der Waals surface area contributed by atoms with Crippen LogP contribution in [-0.2, 0) is 9.47 Å². The fraction of sp³-hybridized carbons (Fsp3) is 1.00. The molecule has 0 aromatic heterocycles. The van der Waals surface area contributed by atoms with Crippen molar-refractivity contribution >= 4 is 0 Å². The summed E-state index contributed by atoms with van der Waals surface area (Å²) in [6.07, 6.45) is -7.12. The predicted molar refractivity (Wildman–Crippen MR) is 57.7 cm³/mol. The van der Waals surface area contributed by atoms with Crippen LogP contribution < -0.4 is 0 Å². The Morgan fingerprint density at radius 1 is 1.00 bits per heavy atom. The Morgan fingerprint density at radius 3 is 2.17 bits per heavy atom. The number of rotatable bonds is 6. The summed E-state index contributed by atoms with van der Waals surface area (Å²) in [5.41, 5.74) is 0. The van der Waals surface area contributed by atoms with Crippen LogP contribution in [0.1, 0.15) is 0 Å². The standard InChI is InChI=1S/C10H20O8/c11-1-5(13)3-17-4-7-9(15)10(16)8(14)6(2-12)18-7/h5-16H,1-4H2/t5?,6?,7-,8+,9?,10?/m0/s1. The van der Waals surface area contributed by atoms with Crippen LogP contribution >= 0.6 is 0 Å². The quantitative estimate of drug-likeness (QED) is 0.288. The Kier molecular flexibility index (Phi) is 6.39. The fourth-order valence-electron chi connectivity index (χ4n) is 1.69. The summed E-state index contributed by atoms with van der Waals surface area (Å²) in [5.74, 6) is 0. The van der Waals surface area contributed by atoms with E-state index in [-0.39, 0.29) is 13.2 Å². The van der Waals surface area contributed by atoms with Gasteiger partial charge in [-0.25, -0.2) is 0 Å². The summed E-state index contributed by atoms with van der Waals surface area (Å²) < 4.78 is 10.2. The van der Waals surface area contributed by atoms with Gasteiger partial charge in [-0.2, -0.15) is 0 Å². The molecule has 0 radical (unpaired) electrons. The zero-order chi connectivity index (χ0) is 13.7. The molecule has 6 N–H and O–H groups in total. The van der Waals surface area contributed by atoms with Crippen molar-refractivity contribution in [2.75, 3.05) is 26.4 Å². The highest BCUT2D eigenvalue weighted by molar-refractivity contribution is 4.91. The molecule has 1 rings (SSSR count). The van der Waals surface area contributed by atoms with Gasteiger partial charge in [0.15, 0.2) is 0 Å². The summed E-state index contributed by atoms with van der Waals surface area (Å²) in [7, 11) is 0. The Hall–Kier alpha value is -0.320. The van der Waals surface area contributed by atoms with E-state index in [1.54, 1.807) is 0 Å². The molecule has 1 aliphatic rings. The Labute approximate surface area is 104 Å². The monoisotopic (exact) mass is 268 g/mol. The van der Waals surface area contributed by atoms with E-state index >= 15 is 0 Å². The van der Waals surface area contributed by atoms with E-state index in [0.29, 0.717) is 0 Å². The van der Waals surface area contributed by atoms with E-state index in [1.165, 1.54) is 0 Å². The van der Waals surface area contributed by atoms with Gasteiger partial charge in [0.05, 0.1) is 26.4 Å². The lowest BCUT2D eigenvalue weighted by molar-refractivity contribution is -0.240. The third kappa shape index (κ3) is 3.84. The zero-order valence-electron chi connectivity index (χ0n) is 9.79. The minimum atomic E-state index is -1.44. The van der Waals surface area contributed by atoms with Gasteiger partial charge < -0.3 is 40.1 Å². The topological polar surface area (TPSA) is 140 Å². The molecular formula is C10H20O8. The zero-order valence-corrected chi connectivity index (χ0v) is 9.79. The van der Waals surface area contributed by atoms with Crippen LogP contribution in [0.3, 0.4) is 0 Å². The molecule has 8 nitrogen and oxygen atoms in total. The van der Waals surface area contributed by atoms with E-state index in [4.69, 9.17) is 24.8 Å². The van der Waals surface area contributed by atoms with Gasteiger partial charge in [0.25, 0.3) is 0 Å². The second-order valence-electron chi connectivity index (χ2n) is 4.24. The molecule has 1 saturated heterocycles. The Balaban J connectivity index is 2.44. The lowest BCUT2D eigenvalue weighted by Gasteiger charge is -2.39. The third-order valence-electron chi connectivity index (χ3n) is 2.79. The smallest absolute Gasteiger partial charge is 0.111 e. The van der Waals surface area contributed by atoms with Gasteiger partial charge in [0.1, 0.15) is 36.6 Å². The molecule has 0 aromatic rings. The van der Waals surface area contributed by atoms with Crippen LogP contribution in [0.4, 0.5) is 0 Å². The summed E-state index contributed by atoms with van der Waals surface area (Å²) in [4.78, 5) is 0. The first-order valence-electron chi connectivity index (χ1n) is 5.68. The molecule has 0 aliphatic carbocycles. The average molecular weight is 268 g/mol. The molecule has 0 aromatic carbocycles. The van der Waals surface area contributed by atoms with Crippen LogP contribution in [0.25, 0.3) is 0 Å². The maximum absolute atomic E-state index is 9.64. The first-order chi connectivity index (χ1) is 8.51. The Bertz CT molecular complexity index is 236. The van der Waals surface area contributed by atoms with Crippen LogP contribution in [-0.4, -0.2) is 93.7 Å². The van der Waals surface area contributed by atoms with Gasteiger partial charge >= 0.3 is 0 Å². The van der Waals surface area contributed by atoms with Gasteiger partial charge in [0, 0.05) is 0 Å². The highest BCUT2D eigenvalue weighted by atomic mass is 16.6. The SMILES string of the molecule is OCC(O)COC[C@@H]1OC(CO)[C@@H](O)C(O)C1O. The van der Waals surface area contributed by atoms with Crippen molar-refractivity contribution in [1.82, 2.24) is 0 Å². The molecular weight excluding hydrogens is 248 g/mol. The van der Waals surface area contributed by atoms with Crippen LogP contribution in [0.5, 0.6) is 0 Å². The number of hydrogen-bond donors (Lipinski definition) is 6. The molecule has 4 unspecified atom stereocenters. The second kappa shape index (κ2) is 7.31. The number of aliphatic hydroxyl groups excluding tert-OH is 6. The van der Waals surface area contributed by atoms with Crippen LogP contribution in [0.2, 0.25) is 0 Å². The number of hydrogen-bond acceptors (Lipinski definition) is 8. The second-order valence-corrected chi connectivity index (χ2v) is 4.24. The van der Waals surface area contributed by atoms with Gasteiger partial charge in [-0.3, -0.25) is 0 Å². The lowest BCUT2D eigenvalue weighted by Crippen LogP contribution is -2.59. The molecule has 6 atom stereocenters. The van der Waals surface area contributed by atoms with Crippen molar-refractivity contribution in [2.45, 2.75) is 36.6 Å². The van der Waals surface area contributed by atoms with Gasteiger partial charge in [-0.15, -0.1) is 0 Å². The summed E-state index contributed by atoms with van der Waals surface area (Å²) in [6.45, 7) is -1.24. The average Bonchev–Trinajstić information content (AvgIpc) is 2.38. The summed E-state index contributed by atoms with van der Waals surface area (Å²) in [6, 6.07) is 0. The van der Waals surface area contributed by atoms with Crippen molar-refractivity contribution in [3.8, 4) is 0 Å². The lowest BCUT2D eigenvalue weighted by atomic mass is 9.95. The van der Waals surface area contributed by atoms with Crippen molar-refractivity contribution < 1.29 is 40.1 Å². The molecule has 18 heavy (non-hydrogen) atoms. The molecule has 1 aliphatic heterocycles. The first kappa shape index (κ1) is 15.7. The van der Waals surface area contributed by atoms with Crippen molar-refractivity contribution in [3.63, 3.8) is 0 Å². The summed E-state index contributed by atoms with van der Waals surface area (Å²) in [5, 5.41) is 55.2. The molecule has 0 spiro atoms. The van der Waals surface area contributed by atoms with E-state index in [1.807, 2.05) is 0 Å². The van der Waals surface area contributed by atoms with E-state index in [2.05, 4.69) is 0 Å². The van der Waals surface area contributed by atoms with Crippen LogP contribution in [0.15, 0.2) is 0 Å². The van der Waals surface area contributed by atoms with E-state index in [0.717, 1.165) is 0 Å². The normalized spacial score (nSPS) is 38.7. The molecule has 1 fully saturated rings. The maximum atomic E-state index is 9.64. The van der Waals surface area contributed by atoms with E-state index in [9.17, 15) is 15.3 Å². The Morgan fingerprint density at radius 2 is 1.61 bits per heavy atom. The van der Waals surface area contributed by atoms with Crippen molar-refractivity contribution in [3.05, 3.63) is 0 Å². The molecule has 0 amide bonds. The molecule has 108 valence electrons. The minimum Gasteiger partial charge on any atom is -0.394 e. The maximum Gasteiger partial charge on any atom is 0.111 e. The van der Waals surface area contributed by atoms with Gasteiger partial charge in [-0.05, 0) is 0 Å². The highest BCUT2D eigenvalue weighted by Crippen LogP contribution is 2.21. The largest absolute Gasteiger partial charge is 0.394 e. The van der Waals surface area contributed by atoms with Gasteiger partial charge in [0.2, 0.25) is 0 Å². The molecule has 1 heterocycles. The molecule has 8 heteroatoms. The van der Waals surface area contributed by atoms with Crippen molar-refractivity contribution in [1.29, 1.82) is 0 Å². The number of ether oxygens (including phenoxy) is 2. The predicted octanol–water partition coefficient (Wildman–Crippen LogP) is -3.80. The highest BCUT2D eigenvalue weighted by Gasteiger charge is 2.43. The van der Waals surface area contributed by atoms with Gasteiger partial charge in [-0.1, -0.05) is 0 Å². The van der Waals surface area contributed by atoms with E-state index < -0.39 is 49.8 Å². The summed E-state index contributed by atoms with van der Waals surface area (Å²) >= 11 is 0. The first-order valence-corrected chi connectivity index (χ1v) is 5.68. The minimum absolute atomic E-state index is 0.140. The van der Waals surface area contributed by atoms with Crippen LogP contribution in [0, 0.1) is 0 Å². The van der Waals surface area contributed by atoms with Crippen molar-refractivity contribution in [2.24, 2.45) is 0 Å². The third-order valence-corrected chi connectivity index (χ3v) is 2.79. The molecule has 0 saturated carbocycles. The fourth-order valence-corrected chi connectivity index (χ4v) is 1.69. The molecule has 0 bridgehead atoms.